The van der Waals surface area contributed by atoms with Gasteiger partial charge in [-0.1, -0.05) is 0 Å². The predicted molar refractivity (Wildman–Crippen MR) is 73.4 cm³/mol. The molecule has 21 heavy (non-hydrogen) atoms. The van der Waals surface area contributed by atoms with E-state index in [9.17, 15) is 18.0 Å². The Morgan fingerprint density at radius 2 is 2.10 bits per heavy atom. The lowest BCUT2D eigenvalue weighted by molar-refractivity contribution is -0.137. The van der Waals surface area contributed by atoms with Crippen LogP contribution in [0, 0.1) is 11.3 Å². The fourth-order valence-electron chi connectivity index (χ4n) is 2.33. The Balaban J connectivity index is 2.36. The van der Waals surface area contributed by atoms with Crippen LogP contribution in [0.2, 0.25) is 0 Å². The molecular formula is C14H12BrF3N2O. The molecule has 3 nitrogen and oxygen atoms in total. The summed E-state index contributed by atoms with van der Waals surface area (Å²) in [5, 5.41) is 9.07. The molecule has 112 valence electrons. The van der Waals surface area contributed by atoms with Crippen molar-refractivity contribution in [3.05, 3.63) is 33.8 Å². The molecule has 1 saturated heterocycles. The van der Waals surface area contributed by atoms with Gasteiger partial charge < -0.3 is 4.90 Å². The quantitative estimate of drug-likeness (QED) is 0.759. The monoisotopic (exact) mass is 360 g/mol. The van der Waals surface area contributed by atoms with Gasteiger partial charge in [-0.05, 0) is 53.4 Å². The highest BCUT2D eigenvalue weighted by Crippen LogP contribution is 2.33. The Morgan fingerprint density at radius 1 is 1.38 bits per heavy atom. The van der Waals surface area contributed by atoms with E-state index in [2.05, 4.69) is 15.9 Å². The molecule has 1 unspecified atom stereocenters. The van der Waals surface area contributed by atoms with Gasteiger partial charge in [0.2, 0.25) is 0 Å². The fraction of sp³-hybridized carbons (Fsp3) is 0.429. The largest absolute Gasteiger partial charge is 0.416 e. The van der Waals surface area contributed by atoms with Crippen LogP contribution in [0.15, 0.2) is 22.7 Å². The zero-order valence-corrected chi connectivity index (χ0v) is 12.5. The Kier molecular flexibility index (Phi) is 4.57. The van der Waals surface area contributed by atoms with Crippen LogP contribution in [0.4, 0.5) is 13.2 Å². The number of benzene rings is 1. The number of rotatable bonds is 1. The molecule has 0 spiro atoms. The summed E-state index contributed by atoms with van der Waals surface area (Å²) in [6.45, 7) is 0.389. The van der Waals surface area contributed by atoms with Crippen molar-refractivity contribution < 1.29 is 18.0 Å². The summed E-state index contributed by atoms with van der Waals surface area (Å²) in [5.41, 5.74) is -0.938. The molecule has 1 aromatic rings. The summed E-state index contributed by atoms with van der Waals surface area (Å²) in [5.74, 6) is -0.542. The second-order valence-electron chi connectivity index (χ2n) is 4.83. The van der Waals surface area contributed by atoms with Gasteiger partial charge in [-0.15, -0.1) is 0 Å². The van der Waals surface area contributed by atoms with Crippen LogP contribution >= 0.6 is 15.9 Å². The lowest BCUT2D eigenvalue weighted by Gasteiger charge is -2.31. The molecule has 1 aliphatic heterocycles. The molecule has 0 radical (unpaired) electrons. The van der Waals surface area contributed by atoms with E-state index in [1.54, 1.807) is 0 Å². The number of amides is 1. The smallest absolute Gasteiger partial charge is 0.323 e. The van der Waals surface area contributed by atoms with Gasteiger partial charge in [-0.2, -0.15) is 18.4 Å². The van der Waals surface area contributed by atoms with E-state index in [1.165, 1.54) is 11.0 Å². The van der Waals surface area contributed by atoms with Gasteiger partial charge in [-0.3, -0.25) is 4.79 Å². The zero-order chi connectivity index (χ0) is 15.6. The molecule has 1 amide bonds. The number of alkyl halides is 3. The highest BCUT2D eigenvalue weighted by Gasteiger charge is 2.33. The van der Waals surface area contributed by atoms with Gasteiger partial charge in [0, 0.05) is 11.0 Å². The summed E-state index contributed by atoms with van der Waals surface area (Å²) >= 11 is 3.11. The predicted octanol–water partition coefficient (Wildman–Crippen LogP) is 3.99. The summed E-state index contributed by atoms with van der Waals surface area (Å²) < 4.78 is 38.6. The molecular weight excluding hydrogens is 349 g/mol. The normalized spacial score (nSPS) is 19.2. The molecule has 0 N–H and O–H groups in total. The van der Waals surface area contributed by atoms with Crippen LogP contribution in [0.1, 0.15) is 35.2 Å². The van der Waals surface area contributed by atoms with Crippen LogP contribution in [0.3, 0.4) is 0 Å². The van der Waals surface area contributed by atoms with E-state index in [-0.39, 0.29) is 5.56 Å². The molecule has 0 aliphatic carbocycles. The summed E-state index contributed by atoms with van der Waals surface area (Å²) in [6.07, 6.45) is -2.36. The zero-order valence-electron chi connectivity index (χ0n) is 11.0. The first-order chi connectivity index (χ1) is 9.84. The minimum absolute atomic E-state index is 0.0630. The third kappa shape index (κ3) is 3.38. The van der Waals surface area contributed by atoms with E-state index >= 15 is 0 Å². The molecule has 1 atom stereocenters. The molecule has 0 bridgehead atoms. The standard InChI is InChI=1S/C14H12BrF3N2O/c15-12-5-4-9(14(16,17)18)7-11(12)13(21)20-6-2-1-3-10(20)8-19/h4-5,7,10H,1-3,6H2. The van der Waals surface area contributed by atoms with E-state index in [4.69, 9.17) is 5.26 Å². The Morgan fingerprint density at radius 3 is 2.71 bits per heavy atom. The summed E-state index contributed by atoms with van der Waals surface area (Å²) in [6, 6.07) is 4.41. The van der Waals surface area contributed by atoms with Crippen LogP contribution in [-0.4, -0.2) is 23.4 Å². The van der Waals surface area contributed by atoms with E-state index in [0.717, 1.165) is 25.0 Å². The van der Waals surface area contributed by atoms with E-state index in [1.807, 2.05) is 6.07 Å². The van der Waals surface area contributed by atoms with Crippen molar-refractivity contribution in [3.8, 4) is 6.07 Å². The minimum atomic E-state index is -4.51. The number of nitrogens with zero attached hydrogens (tertiary/aromatic N) is 2. The first-order valence-corrected chi connectivity index (χ1v) is 7.21. The number of nitriles is 1. The molecule has 2 rings (SSSR count). The number of halogens is 4. The van der Waals surface area contributed by atoms with Gasteiger partial charge >= 0.3 is 6.18 Å². The summed E-state index contributed by atoms with van der Waals surface area (Å²) in [7, 11) is 0. The summed E-state index contributed by atoms with van der Waals surface area (Å²) in [4.78, 5) is 13.8. The van der Waals surface area contributed by atoms with Gasteiger partial charge in [-0.25, -0.2) is 0 Å². The van der Waals surface area contributed by atoms with Gasteiger partial charge in [0.25, 0.3) is 5.91 Å². The van der Waals surface area contributed by atoms with Crippen molar-refractivity contribution >= 4 is 21.8 Å². The maximum absolute atomic E-state index is 12.8. The first-order valence-electron chi connectivity index (χ1n) is 6.42. The maximum Gasteiger partial charge on any atom is 0.416 e. The van der Waals surface area contributed by atoms with Gasteiger partial charge in [0.15, 0.2) is 0 Å². The van der Waals surface area contributed by atoms with Crippen molar-refractivity contribution in [2.45, 2.75) is 31.5 Å². The fourth-order valence-corrected chi connectivity index (χ4v) is 2.75. The van der Waals surface area contributed by atoms with Crippen molar-refractivity contribution in [1.82, 2.24) is 4.90 Å². The van der Waals surface area contributed by atoms with E-state index < -0.39 is 23.7 Å². The Bertz CT molecular complexity index is 595. The minimum Gasteiger partial charge on any atom is -0.323 e. The number of hydrogen-bond acceptors (Lipinski definition) is 2. The van der Waals surface area contributed by atoms with Crippen molar-refractivity contribution in [3.63, 3.8) is 0 Å². The average Bonchev–Trinajstić information content (AvgIpc) is 2.45. The molecule has 7 heteroatoms. The first kappa shape index (κ1) is 15.8. The highest BCUT2D eigenvalue weighted by molar-refractivity contribution is 9.10. The van der Waals surface area contributed by atoms with Crippen molar-refractivity contribution in [2.24, 2.45) is 0 Å². The number of carbonyl (C=O) groups is 1. The second-order valence-corrected chi connectivity index (χ2v) is 5.69. The Hall–Kier alpha value is -1.55. The maximum atomic E-state index is 12.8. The highest BCUT2D eigenvalue weighted by atomic mass is 79.9. The SMILES string of the molecule is N#CC1CCCCN1C(=O)c1cc(C(F)(F)F)ccc1Br. The lowest BCUT2D eigenvalue weighted by atomic mass is 10.0. The van der Waals surface area contributed by atoms with Crippen LogP contribution < -0.4 is 0 Å². The van der Waals surface area contributed by atoms with Crippen molar-refractivity contribution in [2.75, 3.05) is 6.54 Å². The molecule has 1 heterocycles. The van der Waals surface area contributed by atoms with Gasteiger partial charge in [0.1, 0.15) is 6.04 Å². The number of hydrogen-bond donors (Lipinski definition) is 0. The topological polar surface area (TPSA) is 44.1 Å². The third-order valence-electron chi connectivity index (χ3n) is 3.44. The van der Waals surface area contributed by atoms with Crippen molar-refractivity contribution in [1.29, 1.82) is 5.26 Å². The van der Waals surface area contributed by atoms with E-state index in [0.29, 0.717) is 17.4 Å². The number of likely N-dealkylation sites (tertiary alicyclic amines) is 1. The number of piperidine rings is 1. The van der Waals surface area contributed by atoms with Gasteiger partial charge in [0.05, 0.1) is 17.2 Å². The third-order valence-corrected chi connectivity index (χ3v) is 4.13. The average molecular weight is 361 g/mol. The van der Waals surface area contributed by atoms with Crippen LogP contribution in [-0.2, 0) is 6.18 Å². The molecule has 1 aliphatic rings. The van der Waals surface area contributed by atoms with Crippen LogP contribution in [0.5, 0.6) is 0 Å². The Labute approximate surface area is 128 Å². The molecule has 0 aromatic heterocycles. The molecule has 1 fully saturated rings. The number of carbonyl (C=O) groups excluding carboxylic acids is 1. The molecule has 0 saturated carbocycles. The second kappa shape index (κ2) is 6.06. The van der Waals surface area contributed by atoms with Crippen LogP contribution in [0.25, 0.3) is 0 Å². The lowest BCUT2D eigenvalue weighted by Crippen LogP contribution is -2.43. The molecule has 1 aromatic carbocycles.